The second-order valence-electron chi connectivity index (χ2n) is 4.05. The zero-order valence-electron chi connectivity index (χ0n) is 10.2. The van der Waals surface area contributed by atoms with Crippen LogP contribution in [-0.4, -0.2) is 35.1 Å². The maximum atomic E-state index is 5.06. The first-order valence-electron chi connectivity index (χ1n) is 4.45. The van der Waals surface area contributed by atoms with Gasteiger partial charge in [-0.1, -0.05) is 35.9 Å². The molecule has 3 N–H and O–H groups in total. The van der Waals surface area contributed by atoms with Crippen LogP contribution in [0.3, 0.4) is 0 Å². The third-order valence-corrected chi connectivity index (χ3v) is 1.37. The summed E-state index contributed by atoms with van der Waals surface area (Å²) in [5.41, 5.74) is 4.00. The van der Waals surface area contributed by atoms with Gasteiger partial charge in [-0.05, 0) is 27.7 Å². The molecule has 1 rings (SSSR count). The molecule has 0 aromatic heterocycles. The maximum absolute atomic E-state index is 5.06. The van der Waals surface area contributed by atoms with Gasteiger partial charge in [-0.3, -0.25) is 11.3 Å². The van der Waals surface area contributed by atoms with E-state index in [2.05, 4.69) is 24.5 Å². The Labute approximate surface area is 146 Å². The molecule has 0 spiro atoms. The van der Waals surface area contributed by atoms with Crippen LogP contribution in [0.25, 0.3) is 0 Å². The molecule has 0 aliphatic rings. The monoisotopic (exact) mass is 312 g/mol. The molecular formula is C11H24Cl3N2Na. The van der Waals surface area contributed by atoms with Gasteiger partial charge in [-0.25, -0.2) is 0 Å². The van der Waals surface area contributed by atoms with E-state index in [0.29, 0.717) is 0 Å². The van der Waals surface area contributed by atoms with E-state index < -0.39 is 0 Å². The van der Waals surface area contributed by atoms with Gasteiger partial charge in [0.05, 0.1) is 0 Å². The molecule has 1 aromatic rings. The van der Waals surface area contributed by atoms with E-state index in [1.807, 2.05) is 39.0 Å². The summed E-state index contributed by atoms with van der Waals surface area (Å²) in [6.45, 7) is 8.10. The molecule has 0 aliphatic carbocycles. The predicted octanol–water partition coefficient (Wildman–Crippen LogP) is 2.86. The molecule has 0 radical (unpaired) electrons. The van der Waals surface area contributed by atoms with Crippen molar-refractivity contribution >= 4 is 66.8 Å². The third kappa shape index (κ3) is 26.6. The average molecular weight is 314 g/mol. The second-order valence-corrected chi connectivity index (χ2v) is 4.05. The zero-order chi connectivity index (χ0) is 10.3. The third-order valence-electron chi connectivity index (χ3n) is 1.37. The Balaban J connectivity index is -0.0000000462. The molecular weight excluding hydrogens is 289 g/mol. The summed E-state index contributed by atoms with van der Waals surface area (Å²) in [5, 5.41) is 0. The van der Waals surface area contributed by atoms with Gasteiger partial charge in [-0.15, -0.1) is 37.2 Å². The predicted molar refractivity (Wildman–Crippen MR) is 87.1 cm³/mol. The molecule has 0 bridgehead atoms. The van der Waals surface area contributed by atoms with Crippen molar-refractivity contribution in [2.24, 2.45) is 5.84 Å². The van der Waals surface area contributed by atoms with Crippen molar-refractivity contribution in [3.63, 3.8) is 0 Å². The van der Waals surface area contributed by atoms with Crippen LogP contribution >= 0.6 is 37.2 Å². The van der Waals surface area contributed by atoms with E-state index in [9.17, 15) is 0 Å². The molecule has 0 fully saturated rings. The van der Waals surface area contributed by atoms with E-state index in [4.69, 9.17) is 5.84 Å². The van der Waals surface area contributed by atoms with Gasteiger partial charge >= 0.3 is 29.6 Å². The van der Waals surface area contributed by atoms with Crippen LogP contribution < -0.4 is 11.3 Å². The number of hydrogen-bond donors (Lipinski definition) is 2. The molecule has 0 amide bonds. The second kappa shape index (κ2) is 17.0. The summed E-state index contributed by atoms with van der Waals surface area (Å²) in [6, 6.07) is 10.3. The van der Waals surface area contributed by atoms with Crippen LogP contribution in [0.2, 0.25) is 0 Å². The van der Waals surface area contributed by atoms with Gasteiger partial charge in [0.1, 0.15) is 0 Å². The van der Waals surface area contributed by atoms with E-state index in [-0.39, 0.29) is 72.3 Å². The average Bonchev–Trinajstić information content (AvgIpc) is 2.06. The Morgan fingerprint density at radius 1 is 0.941 bits per heavy atom. The van der Waals surface area contributed by atoms with Crippen molar-refractivity contribution in [2.75, 3.05) is 0 Å². The fraction of sp³-hybridized carbons (Fsp3) is 0.455. The van der Waals surface area contributed by atoms with Crippen molar-refractivity contribution < 1.29 is 0 Å². The van der Waals surface area contributed by atoms with Gasteiger partial charge in [0, 0.05) is 5.54 Å². The van der Waals surface area contributed by atoms with E-state index in [1.165, 1.54) is 5.56 Å². The molecule has 0 unspecified atom stereocenters. The van der Waals surface area contributed by atoms with Gasteiger partial charge in [0.2, 0.25) is 0 Å². The quantitative estimate of drug-likeness (QED) is 0.439. The summed E-state index contributed by atoms with van der Waals surface area (Å²) in [6.07, 6.45) is 0. The number of hydrogen-bond acceptors (Lipinski definition) is 2. The topological polar surface area (TPSA) is 38.0 Å². The number of hydrazine groups is 1. The van der Waals surface area contributed by atoms with Crippen LogP contribution in [0.5, 0.6) is 0 Å². The molecule has 6 heteroatoms. The van der Waals surface area contributed by atoms with Crippen molar-refractivity contribution in [3.05, 3.63) is 35.9 Å². The molecule has 0 heterocycles. The van der Waals surface area contributed by atoms with Crippen molar-refractivity contribution in [1.82, 2.24) is 5.43 Å². The first-order valence-corrected chi connectivity index (χ1v) is 4.45. The fourth-order valence-corrected chi connectivity index (χ4v) is 0.534. The Bertz CT molecular complexity index is 228. The van der Waals surface area contributed by atoms with Gasteiger partial charge in [0.25, 0.3) is 0 Å². The molecule has 0 aliphatic heterocycles. The van der Waals surface area contributed by atoms with E-state index in [0.717, 1.165) is 0 Å². The summed E-state index contributed by atoms with van der Waals surface area (Å²) in [7, 11) is 0. The van der Waals surface area contributed by atoms with Gasteiger partial charge < -0.3 is 0 Å². The number of nitrogens with two attached hydrogens (primary N) is 1. The van der Waals surface area contributed by atoms with E-state index in [1.54, 1.807) is 0 Å². The number of aryl methyl sites for hydroxylation is 1. The summed E-state index contributed by atoms with van der Waals surface area (Å²) < 4.78 is 0. The van der Waals surface area contributed by atoms with E-state index >= 15 is 0 Å². The zero-order valence-corrected chi connectivity index (χ0v) is 12.6. The first kappa shape index (κ1) is 30.8. The van der Waals surface area contributed by atoms with Crippen LogP contribution in [-0.2, 0) is 0 Å². The standard InChI is InChI=1S/C7H8.C4H12N2.3ClH.Na.H/c1-7-5-3-2-4-6-7;1-4(2,3)6-5;;;;;/h2-6H,1H3;6H,5H2,1-3H3;3*1H;;. The van der Waals surface area contributed by atoms with Crippen LogP contribution in [0.1, 0.15) is 26.3 Å². The Morgan fingerprint density at radius 2 is 1.24 bits per heavy atom. The van der Waals surface area contributed by atoms with Crippen LogP contribution in [0, 0.1) is 6.92 Å². The van der Waals surface area contributed by atoms with Gasteiger partial charge in [-0.2, -0.15) is 0 Å². The Kier molecular flexibility index (Phi) is 30.8. The summed E-state index contributed by atoms with van der Waals surface area (Å²) in [5.74, 6) is 5.06. The number of rotatable bonds is 0. The van der Waals surface area contributed by atoms with Crippen molar-refractivity contribution in [2.45, 2.75) is 33.2 Å². The molecule has 0 atom stereocenters. The summed E-state index contributed by atoms with van der Waals surface area (Å²) in [4.78, 5) is 0. The number of benzene rings is 1. The molecule has 1 aromatic carbocycles. The fourth-order valence-electron chi connectivity index (χ4n) is 0.534. The SMILES string of the molecule is CC(C)(C)NN.Cc1ccccc1.Cl.Cl.Cl.[NaH]. The molecule has 2 nitrogen and oxygen atoms in total. The minimum atomic E-state index is 0. The van der Waals surface area contributed by atoms with Gasteiger partial charge in [0.15, 0.2) is 0 Å². The van der Waals surface area contributed by atoms with Crippen molar-refractivity contribution in [1.29, 1.82) is 0 Å². The van der Waals surface area contributed by atoms with Crippen LogP contribution in [0.15, 0.2) is 30.3 Å². The summed E-state index contributed by atoms with van der Waals surface area (Å²) >= 11 is 0. The molecule has 100 valence electrons. The minimum absolute atomic E-state index is 0. The molecule has 17 heavy (non-hydrogen) atoms. The van der Waals surface area contributed by atoms with Crippen molar-refractivity contribution in [3.8, 4) is 0 Å². The Morgan fingerprint density at radius 3 is 1.35 bits per heavy atom. The normalized spacial score (nSPS) is 7.82. The first-order chi connectivity index (χ1) is 5.95. The Hall–Kier alpha value is 1.01. The number of halogens is 3. The van der Waals surface area contributed by atoms with Crippen LogP contribution in [0.4, 0.5) is 0 Å². The molecule has 0 saturated heterocycles. The molecule has 0 saturated carbocycles. The number of nitrogens with one attached hydrogen (secondary N) is 1.